The summed E-state index contributed by atoms with van der Waals surface area (Å²) in [5.74, 6) is -0.223. The molecule has 0 aliphatic heterocycles. The van der Waals surface area contributed by atoms with E-state index in [0.717, 1.165) is 5.56 Å². The van der Waals surface area contributed by atoms with Crippen LogP contribution < -0.4 is 15.8 Å². The minimum Gasteiger partial charge on any atom is -0.356 e. The molecule has 1 saturated carbocycles. The molecule has 8 heteroatoms. The zero-order valence-electron chi connectivity index (χ0n) is 14.5. The van der Waals surface area contributed by atoms with E-state index in [1.54, 1.807) is 12.1 Å². The van der Waals surface area contributed by atoms with Gasteiger partial charge < -0.3 is 10.6 Å². The van der Waals surface area contributed by atoms with Crippen LogP contribution in [0.4, 0.5) is 0 Å². The van der Waals surface area contributed by atoms with Gasteiger partial charge in [-0.25, -0.2) is 13.6 Å². The number of amides is 2. The van der Waals surface area contributed by atoms with Gasteiger partial charge in [0.25, 0.3) is 0 Å². The third-order valence-electron chi connectivity index (χ3n) is 4.11. The molecule has 1 aromatic carbocycles. The Morgan fingerprint density at radius 3 is 2.20 bits per heavy atom. The number of carbonyl (C=O) groups is 2. The normalized spacial score (nSPS) is 19.5. The highest BCUT2D eigenvalue weighted by atomic mass is 32.2. The lowest BCUT2D eigenvalue weighted by atomic mass is 10.1. The number of primary sulfonamides is 1. The average molecular weight is 367 g/mol. The van der Waals surface area contributed by atoms with Gasteiger partial charge in [0.05, 0.1) is 16.7 Å². The quantitative estimate of drug-likeness (QED) is 0.616. The molecule has 1 aliphatic rings. The number of nitrogens with two attached hydrogens (primary N) is 1. The van der Waals surface area contributed by atoms with Crippen LogP contribution in [0.2, 0.25) is 0 Å². The molecular formula is C17H25N3O4S. The Hall–Kier alpha value is -1.93. The lowest BCUT2D eigenvalue weighted by Crippen LogP contribution is -2.32. The monoisotopic (exact) mass is 367 g/mol. The van der Waals surface area contributed by atoms with Crippen LogP contribution in [0.15, 0.2) is 29.2 Å². The first-order valence-corrected chi connectivity index (χ1v) is 9.90. The molecule has 0 spiro atoms. The van der Waals surface area contributed by atoms with E-state index in [0.29, 0.717) is 31.8 Å². The SMILES string of the molecule is CC(C)CNC(=O)C1CC1C(=O)NCCc1ccc(S(N)(=O)=O)cc1. The number of carbonyl (C=O) groups excluding carboxylic acids is 2. The molecule has 138 valence electrons. The second kappa shape index (κ2) is 7.97. The smallest absolute Gasteiger partial charge is 0.238 e. The molecule has 0 heterocycles. The second-order valence-electron chi connectivity index (χ2n) is 6.82. The molecule has 0 bridgehead atoms. The summed E-state index contributed by atoms with van der Waals surface area (Å²) in [6, 6.07) is 6.24. The van der Waals surface area contributed by atoms with Gasteiger partial charge in [0.1, 0.15) is 0 Å². The highest BCUT2D eigenvalue weighted by molar-refractivity contribution is 7.89. The fourth-order valence-corrected chi connectivity index (χ4v) is 3.03. The number of nitrogens with one attached hydrogen (secondary N) is 2. The maximum Gasteiger partial charge on any atom is 0.238 e. The van der Waals surface area contributed by atoms with Gasteiger partial charge in [0.15, 0.2) is 0 Å². The zero-order chi connectivity index (χ0) is 18.6. The lowest BCUT2D eigenvalue weighted by molar-refractivity contribution is -0.127. The molecule has 0 radical (unpaired) electrons. The summed E-state index contributed by atoms with van der Waals surface area (Å²) >= 11 is 0. The summed E-state index contributed by atoms with van der Waals surface area (Å²) < 4.78 is 22.4. The van der Waals surface area contributed by atoms with Gasteiger partial charge in [-0.05, 0) is 36.5 Å². The predicted molar refractivity (Wildman–Crippen MR) is 94.0 cm³/mol. The van der Waals surface area contributed by atoms with Gasteiger partial charge in [-0.15, -0.1) is 0 Å². The summed E-state index contributed by atoms with van der Waals surface area (Å²) in [5.41, 5.74) is 0.898. The van der Waals surface area contributed by atoms with Crippen LogP contribution in [-0.2, 0) is 26.0 Å². The highest BCUT2D eigenvalue weighted by Gasteiger charge is 2.47. The van der Waals surface area contributed by atoms with Crippen LogP contribution in [0.25, 0.3) is 0 Å². The molecule has 1 aromatic rings. The summed E-state index contributed by atoms with van der Waals surface area (Å²) in [4.78, 5) is 24.0. The number of sulfonamides is 1. The Morgan fingerprint density at radius 1 is 1.12 bits per heavy atom. The van der Waals surface area contributed by atoms with E-state index >= 15 is 0 Å². The highest BCUT2D eigenvalue weighted by Crippen LogP contribution is 2.38. The minimum absolute atomic E-state index is 0.0487. The largest absolute Gasteiger partial charge is 0.356 e. The van der Waals surface area contributed by atoms with Crippen LogP contribution in [0.1, 0.15) is 25.8 Å². The van der Waals surface area contributed by atoms with Crippen molar-refractivity contribution in [2.24, 2.45) is 22.9 Å². The number of benzene rings is 1. The van der Waals surface area contributed by atoms with Crippen LogP contribution in [0.3, 0.4) is 0 Å². The molecule has 2 atom stereocenters. The van der Waals surface area contributed by atoms with Crippen molar-refractivity contribution < 1.29 is 18.0 Å². The standard InChI is InChI=1S/C17H25N3O4S/c1-11(2)10-20-17(22)15-9-14(15)16(21)19-8-7-12-3-5-13(6-4-12)25(18,23)24/h3-6,11,14-15H,7-10H2,1-2H3,(H,19,21)(H,20,22)(H2,18,23,24). The summed E-state index contributed by atoms with van der Waals surface area (Å²) in [7, 11) is -3.69. The van der Waals surface area contributed by atoms with Gasteiger partial charge >= 0.3 is 0 Å². The van der Waals surface area contributed by atoms with Crippen molar-refractivity contribution in [2.45, 2.75) is 31.6 Å². The first-order chi connectivity index (χ1) is 11.7. The fraction of sp³-hybridized carbons (Fsp3) is 0.529. The third-order valence-corrected chi connectivity index (χ3v) is 5.04. The van der Waals surface area contributed by atoms with E-state index in [9.17, 15) is 18.0 Å². The Bertz CT molecular complexity index is 729. The molecule has 7 nitrogen and oxygen atoms in total. The molecule has 1 fully saturated rings. The molecule has 2 amide bonds. The van der Waals surface area contributed by atoms with Gasteiger partial charge in [-0.2, -0.15) is 0 Å². The molecule has 4 N–H and O–H groups in total. The van der Waals surface area contributed by atoms with Crippen molar-refractivity contribution in [3.63, 3.8) is 0 Å². The summed E-state index contributed by atoms with van der Waals surface area (Å²) in [6.45, 7) is 5.10. The van der Waals surface area contributed by atoms with E-state index in [2.05, 4.69) is 10.6 Å². The fourth-order valence-electron chi connectivity index (χ4n) is 2.52. The van der Waals surface area contributed by atoms with E-state index in [4.69, 9.17) is 5.14 Å². The average Bonchev–Trinajstić information content (AvgIpc) is 3.33. The third kappa shape index (κ3) is 5.82. The summed E-state index contributed by atoms with van der Waals surface area (Å²) in [6.07, 6.45) is 1.17. The Kier molecular flexibility index (Phi) is 6.18. The maximum absolute atomic E-state index is 12.0. The maximum atomic E-state index is 12.0. The topological polar surface area (TPSA) is 118 Å². The van der Waals surface area contributed by atoms with Crippen molar-refractivity contribution in [1.29, 1.82) is 0 Å². The van der Waals surface area contributed by atoms with Gasteiger partial charge in [-0.3, -0.25) is 9.59 Å². The van der Waals surface area contributed by atoms with Gasteiger partial charge in [0, 0.05) is 13.1 Å². The van der Waals surface area contributed by atoms with Crippen molar-refractivity contribution in [2.75, 3.05) is 13.1 Å². The molecular weight excluding hydrogens is 342 g/mol. The molecule has 0 saturated heterocycles. The minimum atomic E-state index is -3.69. The zero-order valence-corrected chi connectivity index (χ0v) is 15.3. The molecule has 25 heavy (non-hydrogen) atoms. The molecule has 0 aromatic heterocycles. The van der Waals surface area contributed by atoms with E-state index in [1.165, 1.54) is 12.1 Å². The Labute approximate surface area is 148 Å². The van der Waals surface area contributed by atoms with Crippen LogP contribution in [0.5, 0.6) is 0 Å². The molecule has 1 aliphatic carbocycles. The van der Waals surface area contributed by atoms with Crippen LogP contribution in [-0.4, -0.2) is 33.3 Å². The molecule has 2 unspecified atom stereocenters. The first-order valence-electron chi connectivity index (χ1n) is 8.35. The van der Waals surface area contributed by atoms with Crippen molar-refractivity contribution in [3.05, 3.63) is 29.8 Å². The number of hydrogen-bond acceptors (Lipinski definition) is 4. The van der Waals surface area contributed by atoms with Gasteiger partial charge in [0.2, 0.25) is 21.8 Å². The van der Waals surface area contributed by atoms with E-state index in [1.807, 2.05) is 13.8 Å². The second-order valence-corrected chi connectivity index (χ2v) is 8.38. The number of rotatable bonds is 8. The summed E-state index contributed by atoms with van der Waals surface area (Å²) in [5, 5.41) is 10.7. The van der Waals surface area contributed by atoms with Crippen molar-refractivity contribution >= 4 is 21.8 Å². The number of hydrogen-bond donors (Lipinski definition) is 3. The van der Waals surface area contributed by atoms with Crippen LogP contribution in [0, 0.1) is 17.8 Å². The van der Waals surface area contributed by atoms with Crippen molar-refractivity contribution in [3.8, 4) is 0 Å². The van der Waals surface area contributed by atoms with Gasteiger partial charge in [-0.1, -0.05) is 26.0 Å². The Morgan fingerprint density at radius 2 is 1.68 bits per heavy atom. The van der Waals surface area contributed by atoms with Crippen LogP contribution >= 0.6 is 0 Å². The first kappa shape index (κ1) is 19.4. The lowest BCUT2D eigenvalue weighted by Gasteiger charge is -2.08. The van der Waals surface area contributed by atoms with E-state index < -0.39 is 10.0 Å². The van der Waals surface area contributed by atoms with E-state index in [-0.39, 0.29) is 28.5 Å². The predicted octanol–water partition coefficient (Wildman–Crippen LogP) is 0.401. The Balaban J connectivity index is 1.72. The van der Waals surface area contributed by atoms with Crippen molar-refractivity contribution in [1.82, 2.24) is 10.6 Å². The molecule has 2 rings (SSSR count).